The van der Waals surface area contributed by atoms with Crippen molar-refractivity contribution in [3.63, 3.8) is 0 Å². The van der Waals surface area contributed by atoms with Gasteiger partial charge in [-0.2, -0.15) is 0 Å². The Hall–Kier alpha value is -1.35. The van der Waals surface area contributed by atoms with Crippen molar-refractivity contribution in [3.05, 3.63) is 34.3 Å². The maximum absolute atomic E-state index is 5.14. The summed E-state index contributed by atoms with van der Waals surface area (Å²) in [6, 6.07) is 2.35. The number of thiazole rings is 1. The second-order valence-corrected chi connectivity index (χ2v) is 9.72. The summed E-state index contributed by atoms with van der Waals surface area (Å²) in [5.74, 6) is 1.51. The van der Waals surface area contributed by atoms with Crippen LogP contribution in [0.25, 0.3) is 17.0 Å². The van der Waals surface area contributed by atoms with Gasteiger partial charge in [0.25, 0.3) is 0 Å². The van der Waals surface area contributed by atoms with E-state index in [0.29, 0.717) is 5.92 Å². The molecule has 2 aromatic rings. The molecular weight excluding hydrogens is 348 g/mol. The normalized spacial score (nSPS) is 19.5. The van der Waals surface area contributed by atoms with Crippen LogP contribution in [0.3, 0.4) is 0 Å². The van der Waals surface area contributed by atoms with E-state index < -0.39 is 0 Å². The molecule has 0 radical (unpaired) electrons. The Morgan fingerprint density at radius 3 is 2.44 bits per heavy atom. The van der Waals surface area contributed by atoms with E-state index in [9.17, 15) is 0 Å². The van der Waals surface area contributed by atoms with Crippen LogP contribution in [0.4, 0.5) is 0 Å². The van der Waals surface area contributed by atoms with Crippen LogP contribution in [0.15, 0.2) is 18.0 Å². The van der Waals surface area contributed by atoms with Gasteiger partial charge >= 0.3 is 0 Å². The molecule has 0 spiro atoms. The molecule has 0 unspecified atom stereocenters. The lowest BCUT2D eigenvalue weighted by Gasteiger charge is -2.24. The van der Waals surface area contributed by atoms with E-state index in [-0.39, 0.29) is 0 Å². The van der Waals surface area contributed by atoms with Gasteiger partial charge in [0.2, 0.25) is 0 Å². The maximum atomic E-state index is 5.14. The highest BCUT2D eigenvalue weighted by molar-refractivity contribution is 7.10. The molecule has 0 bridgehead atoms. The zero-order chi connectivity index (χ0) is 18.8. The fourth-order valence-corrected chi connectivity index (χ4v) is 6.08. The molecule has 0 aromatic carbocycles. The van der Waals surface area contributed by atoms with Gasteiger partial charge in [0.1, 0.15) is 0 Å². The minimum Gasteiger partial charge on any atom is -0.343 e. The van der Waals surface area contributed by atoms with Crippen molar-refractivity contribution in [1.82, 2.24) is 9.55 Å². The first-order valence-corrected chi connectivity index (χ1v) is 11.8. The van der Waals surface area contributed by atoms with E-state index in [1.807, 2.05) is 11.3 Å². The van der Waals surface area contributed by atoms with Crippen LogP contribution < -0.4 is 0 Å². The number of rotatable bonds is 5. The van der Waals surface area contributed by atoms with Gasteiger partial charge in [-0.05, 0) is 62.7 Å². The zero-order valence-corrected chi connectivity index (χ0v) is 17.9. The van der Waals surface area contributed by atoms with Gasteiger partial charge < -0.3 is 4.57 Å². The van der Waals surface area contributed by atoms with Gasteiger partial charge in [-0.25, -0.2) is 4.98 Å². The summed E-state index contributed by atoms with van der Waals surface area (Å²) in [6.45, 7) is 9.77. The van der Waals surface area contributed by atoms with Gasteiger partial charge in [0.05, 0.1) is 16.4 Å². The molecule has 2 aromatic heterocycles. The van der Waals surface area contributed by atoms with Crippen molar-refractivity contribution in [3.8, 4) is 11.4 Å². The maximum Gasteiger partial charge on any atom is 0.0979 e. The van der Waals surface area contributed by atoms with E-state index in [0.717, 1.165) is 12.5 Å². The molecule has 146 valence electrons. The smallest absolute Gasteiger partial charge is 0.0979 e. The van der Waals surface area contributed by atoms with E-state index in [4.69, 9.17) is 4.98 Å². The van der Waals surface area contributed by atoms with Crippen molar-refractivity contribution in [1.29, 1.82) is 0 Å². The lowest BCUT2D eigenvalue weighted by atomic mass is 9.89. The lowest BCUT2D eigenvalue weighted by Crippen LogP contribution is -2.16. The van der Waals surface area contributed by atoms with Crippen LogP contribution in [-0.4, -0.2) is 9.55 Å². The first-order chi connectivity index (χ1) is 13.1. The quantitative estimate of drug-likeness (QED) is 0.521. The average Bonchev–Trinajstić information content (AvgIpc) is 3.29. The Morgan fingerprint density at radius 1 is 1.11 bits per heavy atom. The molecular formula is C24H34N2S. The summed E-state index contributed by atoms with van der Waals surface area (Å²) in [5, 5.41) is 3.67. The van der Waals surface area contributed by atoms with Gasteiger partial charge in [-0.1, -0.05) is 45.1 Å². The van der Waals surface area contributed by atoms with Crippen molar-refractivity contribution < 1.29 is 0 Å². The summed E-state index contributed by atoms with van der Waals surface area (Å²) in [5.41, 5.74) is 6.35. The highest BCUT2D eigenvalue weighted by Gasteiger charge is 2.23. The van der Waals surface area contributed by atoms with Gasteiger partial charge in [-0.15, -0.1) is 11.3 Å². The van der Waals surface area contributed by atoms with E-state index in [2.05, 4.69) is 36.4 Å². The first kappa shape index (κ1) is 19.0. The Balaban J connectivity index is 1.65. The second kappa shape index (κ2) is 8.34. The third kappa shape index (κ3) is 4.08. The highest BCUT2D eigenvalue weighted by Crippen LogP contribution is 2.38. The summed E-state index contributed by atoms with van der Waals surface area (Å²) < 4.78 is 2.56. The fourth-order valence-electron chi connectivity index (χ4n) is 5.09. The standard InChI is InChI=1S/C24H34N2S/c1-17(2)21-14-23(26(18(21)3)15-19-10-6-4-7-11-19)22-16-27-24(25-22)20-12-8-5-9-13-20/h14,16,19-20H,1,4-13,15H2,2-3H3. The van der Waals surface area contributed by atoms with E-state index >= 15 is 0 Å². The van der Waals surface area contributed by atoms with Crippen molar-refractivity contribution >= 4 is 16.9 Å². The number of allylic oxidation sites excluding steroid dienone is 1. The van der Waals surface area contributed by atoms with Crippen LogP contribution in [0.2, 0.25) is 0 Å². The van der Waals surface area contributed by atoms with Crippen LogP contribution in [-0.2, 0) is 6.54 Å². The van der Waals surface area contributed by atoms with Crippen LogP contribution in [0.1, 0.15) is 93.3 Å². The Morgan fingerprint density at radius 2 is 1.78 bits per heavy atom. The summed E-state index contributed by atoms with van der Waals surface area (Å²) in [7, 11) is 0. The molecule has 2 heterocycles. The molecule has 0 aliphatic heterocycles. The summed E-state index contributed by atoms with van der Waals surface area (Å²) in [4.78, 5) is 5.14. The molecule has 2 fully saturated rings. The lowest BCUT2D eigenvalue weighted by molar-refractivity contribution is 0.319. The molecule has 2 saturated carbocycles. The third-order valence-electron chi connectivity index (χ3n) is 6.73. The number of hydrogen-bond acceptors (Lipinski definition) is 2. The molecule has 0 saturated heterocycles. The van der Waals surface area contributed by atoms with Gasteiger partial charge in [0, 0.05) is 23.5 Å². The first-order valence-electron chi connectivity index (χ1n) is 10.9. The van der Waals surface area contributed by atoms with E-state index in [1.165, 1.54) is 97.4 Å². The van der Waals surface area contributed by atoms with Crippen molar-refractivity contribution in [2.24, 2.45) is 5.92 Å². The number of nitrogens with zero attached hydrogens (tertiary/aromatic N) is 2. The summed E-state index contributed by atoms with van der Waals surface area (Å²) >= 11 is 1.88. The number of aromatic nitrogens is 2. The molecule has 0 N–H and O–H groups in total. The fraction of sp³-hybridized carbons (Fsp3) is 0.625. The molecule has 0 amide bonds. The molecule has 3 heteroatoms. The highest BCUT2D eigenvalue weighted by atomic mass is 32.1. The van der Waals surface area contributed by atoms with Crippen molar-refractivity contribution in [2.45, 2.75) is 90.5 Å². The minimum absolute atomic E-state index is 0.695. The predicted octanol–water partition coefficient (Wildman–Crippen LogP) is 7.58. The Kier molecular flexibility index (Phi) is 5.87. The Bertz CT molecular complexity index is 785. The largest absolute Gasteiger partial charge is 0.343 e. The SMILES string of the molecule is C=C(C)c1cc(-c2csc(C3CCCCC3)n2)n(CC2CCCCC2)c1C. The molecule has 0 atom stereocenters. The monoisotopic (exact) mass is 382 g/mol. The van der Waals surface area contributed by atoms with Crippen LogP contribution >= 0.6 is 11.3 Å². The molecule has 4 rings (SSSR count). The molecule has 2 aliphatic rings. The summed E-state index contributed by atoms with van der Waals surface area (Å²) in [6.07, 6.45) is 13.8. The zero-order valence-electron chi connectivity index (χ0n) is 17.1. The van der Waals surface area contributed by atoms with E-state index in [1.54, 1.807) is 0 Å². The number of hydrogen-bond donors (Lipinski definition) is 0. The predicted molar refractivity (Wildman–Crippen MR) is 117 cm³/mol. The van der Waals surface area contributed by atoms with Crippen LogP contribution in [0.5, 0.6) is 0 Å². The Labute approximate surface area is 168 Å². The topological polar surface area (TPSA) is 17.8 Å². The average molecular weight is 383 g/mol. The molecule has 27 heavy (non-hydrogen) atoms. The molecule has 2 aliphatic carbocycles. The van der Waals surface area contributed by atoms with Gasteiger partial charge in [0.15, 0.2) is 0 Å². The second-order valence-electron chi connectivity index (χ2n) is 8.83. The third-order valence-corrected chi connectivity index (χ3v) is 7.74. The minimum atomic E-state index is 0.695. The van der Waals surface area contributed by atoms with Crippen LogP contribution in [0, 0.1) is 12.8 Å². The van der Waals surface area contributed by atoms with Crippen molar-refractivity contribution in [2.75, 3.05) is 0 Å². The molecule has 2 nitrogen and oxygen atoms in total. The van der Waals surface area contributed by atoms with Gasteiger partial charge in [-0.3, -0.25) is 0 Å².